The number of ether oxygens (including phenoxy) is 1. The molecule has 1 heterocycles. The zero-order chi connectivity index (χ0) is 12.2. The minimum atomic E-state index is -1.26. The monoisotopic (exact) mass is 296 g/mol. The van der Waals surface area contributed by atoms with E-state index < -0.39 is 9.20 Å². The van der Waals surface area contributed by atoms with Crippen LogP contribution in [0.3, 0.4) is 0 Å². The third-order valence-corrected chi connectivity index (χ3v) is 8.77. The maximum absolute atomic E-state index is 10.8. The van der Waals surface area contributed by atoms with Crippen LogP contribution in [0.5, 0.6) is 0 Å². The summed E-state index contributed by atoms with van der Waals surface area (Å²) in [6, 6.07) is 3.83. The van der Waals surface area contributed by atoms with Crippen molar-refractivity contribution in [2.45, 2.75) is 9.20 Å². The second-order valence-electron chi connectivity index (χ2n) is 2.99. The standard InChI is InChI=1S/C10H16O2S4/c1-12-9(11,8-6-5-7-16-8)10(13-2,14-3)15-4/h5-7,11H,1-4H3. The first-order chi connectivity index (χ1) is 7.60. The van der Waals surface area contributed by atoms with Crippen molar-refractivity contribution in [2.24, 2.45) is 0 Å². The van der Waals surface area contributed by atoms with Gasteiger partial charge in [-0.05, 0) is 30.2 Å². The number of thiophene rings is 1. The molecule has 0 bridgehead atoms. The van der Waals surface area contributed by atoms with E-state index in [9.17, 15) is 5.11 Å². The van der Waals surface area contributed by atoms with E-state index in [0.29, 0.717) is 0 Å². The summed E-state index contributed by atoms with van der Waals surface area (Å²) in [5, 5.41) is 12.8. The van der Waals surface area contributed by atoms with E-state index in [2.05, 4.69) is 0 Å². The number of hydrogen-bond donors (Lipinski definition) is 1. The van der Waals surface area contributed by atoms with E-state index in [-0.39, 0.29) is 0 Å². The highest BCUT2D eigenvalue weighted by Crippen LogP contribution is 2.56. The molecule has 1 aromatic heterocycles. The fourth-order valence-electron chi connectivity index (χ4n) is 1.51. The van der Waals surface area contributed by atoms with Crippen LogP contribution in [0.4, 0.5) is 0 Å². The van der Waals surface area contributed by atoms with Crippen LogP contribution in [0.2, 0.25) is 0 Å². The summed E-state index contributed by atoms with van der Waals surface area (Å²) in [5.74, 6) is -1.26. The second kappa shape index (κ2) is 6.02. The largest absolute Gasteiger partial charge is 0.359 e. The molecule has 0 aromatic carbocycles. The van der Waals surface area contributed by atoms with E-state index in [0.717, 1.165) is 4.88 Å². The van der Waals surface area contributed by atoms with Gasteiger partial charge in [0.25, 0.3) is 0 Å². The van der Waals surface area contributed by atoms with Crippen molar-refractivity contribution in [1.82, 2.24) is 0 Å². The van der Waals surface area contributed by atoms with Crippen molar-refractivity contribution in [2.75, 3.05) is 25.9 Å². The number of aliphatic hydroxyl groups is 1. The Morgan fingerprint density at radius 3 is 2.12 bits per heavy atom. The third kappa shape index (κ3) is 2.28. The minimum absolute atomic E-state index is 0.452. The number of rotatable bonds is 6. The first-order valence-electron chi connectivity index (χ1n) is 4.57. The van der Waals surface area contributed by atoms with Crippen molar-refractivity contribution < 1.29 is 9.84 Å². The van der Waals surface area contributed by atoms with Gasteiger partial charge < -0.3 is 9.84 Å². The van der Waals surface area contributed by atoms with Gasteiger partial charge in [-0.2, -0.15) is 0 Å². The molecule has 1 N–H and O–H groups in total. The van der Waals surface area contributed by atoms with Gasteiger partial charge in [-0.3, -0.25) is 0 Å². The predicted octanol–water partition coefficient (Wildman–Crippen LogP) is 3.28. The Hall–Kier alpha value is 0.670. The fourth-order valence-corrected chi connectivity index (χ4v) is 5.97. The van der Waals surface area contributed by atoms with Crippen molar-refractivity contribution in [3.63, 3.8) is 0 Å². The summed E-state index contributed by atoms with van der Waals surface area (Å²) in [6.07, 6.45) is 5.97. The molecule has 0 fully saturated rings. The molecular weight excluding hydrogens is 280 g/mol. The Kier molecular flexibility index (Phi) is 5.54. The average Bonchev–Trinajstić information content (AvgIpc) is 2.85. The summed E-state index contributed by atoms with van der Waals surface area (Å²) in [5.41, 5.74) is 0. The molecule has 0 saturated heterocycles. The molecule has 0 aliphatic carbocycles. The molecule has 0 amide bonds. The molecule has 1 atom stereocenters. The Labute approximate surface area is 114 Å². The maximum atomic E-state index is 10.8. The highest BCUT2D eigenvalue weighted by Gasteiger charge is 2.52. The van der Waals surface area contributed by atoms with Crippen LogP contribution in [-0.2, 0) is 10.5 Å². The summed E-state index contributed by atoms with van der Waals surface area (Å²) >= 11 is 6.33. The van der Waals surface area contributed by atoms with Crippen LogP contribution in [0.1, 0.15) is 4.88 Å². The molecule has 0 radical (unpaired) electrons. The summed E-state index contributed by atoms with van der Waals surface area (Å²) in [7, 11) is 1.55. The van der Waals surface area contributed by atoms with E-state index >= 15 is 0 Å². The van der Waals surface area contributed by atoms with E-state index in [1.807, 2.05) is 36.3 Å². The lowest BCUT2D eigenvalue weighted by Gasteiger charge is -2.41. The number of thioether (sulfide) groups is 3. The van der Waals surface area contributed by atoms with Gasteiger partial charge in [-0.1, -0.05) is 6.07 Å². The molecule has 1 aromatic rings. The fraction of sp³-hybridized carbons (Fsp3) is 0.600. The lowest BCUT2D eigenvalue weighted by molar-refractivity contribution is -0.183. The molecular formula is C10H16O2S4. The van der Waals surface area contributed by atoms with Crippen LogP contribution < -0.4 is 0 Å². The quantitative estimate of drug-likeness (QED) is 0.814. The van der Waals surface area contributed by atoms with E-state index in [1.54, 1.807) is 42.4 Å². The minimum Gasteiger partial charge on any atom is -0.359 e. The van der Waals surface area contributed by atoms with Crippen LogP contribution in [0, 0.1) is 0 Å². The molecule has 2 nitrogen and oxygen atoms in total. The Morgan fingerprint density at radius 1 is 1.25 bits per heavy atom. The SMILES string of the molecule is COC(O)(c1cccs1)C(SC)(SC)SC. The summed E-state index contributed by atoms with van der Waals surface area (Å²) < 4.78 is 4.97. The van der Waals surface area contributed by atoms with Crippen LogP contribution >= 0.6 is 46.6 Å². The normalized spacial score (nSPS) is 16.1. The van der Waals surface area contributed by atoms with Crippen molar-refractivity contribution in [3.05, 3.63) is 22.4 Å². The Morgan fingerprint density at radius 2 is 1.81 bits per heavy atom. The van der Waals surface area contributed by atoms with Gasteiger partial charge in [0, 0.05) is 7.11 Å². The highest BCUT2D eigenvalue weighted by atomic mass is 32.3. The Bertz CT molecular complexity index is 302. The predicted molar refractivity (Wildman–Crippen MR) is 78.5 cm³/mol. The molecule has 0 saturated carbocycles. The van der Waals surface area contributed by atoms with Gasteiger partial charge >= 0.3 is 0 Å². The molecule has 16 heavy (non-hydrogen) atoms. The first-order valence-corrected chi connectivity index (χ1v) is 9.12. The third-order valence-electron chi connectivity index (χ3n) is 2.37. The lowest BCUT2D eigenvalue weighted by Crippen LogP contribution is -2.45. The topological polar surface area (TPSA) is 29.5 Å². The van der Waals surface area contributed by atoms with Crippen molar-refractivity contribution in [3.8, 4) is 0 Å². The van der Waals surface area contributed by atoms with Gasteiger partial charge in [0.05, 0.1) is 4.88 Å². The van der Waals surface area contributed by atoms with Crippen LogP contribution in [0.15, 0.2) is 17.5 Å². The zero-order valence-electron chi connectivity index (χ0n) is 9.72. The second-order valence-corrected chi connectivity index (χ2v) is 7.78. The smallest absolute Gasteiger partial charge is 0.236 e. The molecule has 1 unspecified atom stereocenters. The number of methoxy groups -OCH3 is 1. The van der Waals surface area contributed by atoms with Crippen LogP contribution in [-0.4, -0.2) is 34.4 Å². The highest BCUT2D eigenvalue weighted by molar-refractivity contribution is 8.33. The maximum Gasteiger partial charge on any atom is 0.236 e. The van der Waals surface area contributed by atoms with Gasteiger partial charge in [0.15, 0.2) is 3.41 Å². The van der Waals surface area contributed by atoms with Gasteiger partial charge in [-0.15, -0.1) is 46.6 Å². The summed E-state index contributed by atoms with van der Waals surface area (Å²) in [6.45, 7) is 0. The van der Waals surface area contributed by atoms with Crippen LogP contribution in [0.25, 0.3) is 0 Å². The van der Waals surface area contributed by atoms with E-state index in [1.165, 1.54) is 11.3 Å². The van der Waals surface area contributed by atoms with E-state index in [4.69, 9.17) is 4.74 Å². The molecule has 0 aliphatic heterocycles. The van der Waals surface area contributed by atoms with Gasteiger partial charge in [-0.25, -0.2) is 0 Å². The molecule has 0 aliphatic rings. The van der Waals surface area contributed by atoms with Gasteiger partial charge in [0.2, 0.25) is 5.79 Å². The van der Waals surface area contributed by atoms with Crippen molar-refractivity contribution in [1.29, 1.82) is 0 Å². The number of hydrogen-bond acceptors (Lipinski definition) is 6. The summed E-state index contributed by atoms with van der Waals surface area (Å²) in [4.78, 5) is 0.841. The Balaban J connectivity index is 3.21. The average molecular weight is 297 g/mol. The molecule has 1 rings (SSSR count). The first kappa shape index (κ1) is 14.7. The van der Waals surface area contributed by atoms with Gasteiger partial charge in [0.1, 0.15) is 0 Å². The molecule has 6 heteroatoms. The van der Waals surface area contributed by atoms with Crippen molar-refractivity contribution >= 4 is 46.6 Å². The molecule has 0 spiro atoms. The lowest BCUT2D eigenvalue weighted by atomic mass is 10.2. The molecule has 92 valence electrons. The zero-order valence-corrected chi connectivity index (χ0v) is 13.0.